The third-order valence-corrected chi connectivity index (χ3v) is 1.08. The van der Waals surface area contributed by atoms with Crippen molar-refractivity contribution in [3.05, 3.63) is 23.8 Å². The molecular weight excluding hydrogens is 126 g/mol. The minimum absolute atomic E-state index is 0.479. The molecule has 0 amide bonds. The van der Waals surface area contributed by atoms with Gasteiger partial charge in [-0.05, 0) is 0 Å². The predicted molar refractivity (Wildman–Crippen MR) is 32.2 cm³/mol. The monoisotopic (exact) mass is 131 g/mol. The fourth-order valence-corrected chi connectivity index (χ4v) is 0.505. The number of halogens is 1. The van der Waals surface area contributed by atoms with Gasteiger partial charge in [0.15, 0.2) is 0 Å². The van der Waals surface area contributed by atoms with E-state index in [1.807, 2.05) is 0 Å². The maximum absolute atomic E-state index is 5.52. The topological polar surface area (TPSA) is 41.3 Å². The summed E-state index contributed by atoms with van der Waals surface area (Å²) in [6.45, 7) is 0. The number of rotatable bonds is 0. The van der Waals surface area contributed by atoms with Gasteiger partial charge in [-0.1, -0.05) is 11.6 Å². The van der Waals surface area contributed by atoms with Crippen molar-refractivity contribution < 1.29 is 0 Å². The van der Waals surface area contributed by atoms with E-state index in [-0.39, 0.29) is 0 Å². The number of hydrogen-bond donors (Lipinski definition) is 2. The highest BCUT2D eigenvalue weighted by Gasteiger charge is 1.98. The summed E-state index contributed by atoms with van der Waals surface area (Å²) in [5.41, 5.74) is 0. The van der Waals surface area contributed by atoms with Crippen LogP contribution in [0.5, 0.6) is 0 Å². The molecule has 3 nitrogen and oxygen atoms in total. The normalized spacial score (nSPS) is 17.8. The molecule has 1 aliphatic rings. The number of nitrogens with zero attached hydrogens (tertiary/aromatic N) is 1. The van der Waals surface area contributed by atoms with Crippen LogP contribution in [-0.4, -0.2) is 5.01 Å². The number of hydrazine groups is 1. The van der Waals surface area contributed by atoms with Crippen molar-refractivity contribution in [1.82, 2.24) is 10.3 Å². The largest absolute Gasteiger partial charge is 0.364 e. The van der Waals surface area contributed by atoms with E-state index in [1.54, 1.807) is 18.6 Å². The fraction of sp³-hybridized carbons (Fsp3) is 0. The molecule has 0 saturated carbocycles. The minimum atomic E-state index is 0.479. The molecule has 8 heavy (non-hydrogen) atoms. The van der Waals surface area contributed by atoms with Crippen molar-refractivity contribution in [2.75, 3.05) is 0 Å². The van der Waals surface area contributed by atoms with Crippen LogP contribution in [0.1, 0.15) is 0 Å². The lowest BCUT2D eigenvalue weighted by atomic mass is 10.7. The van der Waals surface area contributed by atoms with Gasteiger partial charge in [-0.25, -0.2) is 5.84 Å². The smallest absolute Gasteiger partial charge is 0.139 e. The second kappa shape index (κ2) is 2.07. The quantitative estimate of drug-likeness (QED) is 0.367. The first-order valence-electron chi connectivity index (χ1n) is 2.13. The summed E-state index contributed by atoms with van der Waals surface area (Å²) in [6, 6.07) is 0. The Hall–Kier alpha value is -0.670. The second-order valence-electron chi connectivity index (χ2n) is 1.36. The molecule has 0 bridgehead atoms. The van der Waals surface area contributed by atoms with Crippen molar-refractivity contribution in [2.45, 2.75) is 0 Å². The summed E-state index contributed by atoms with van der Waals surface area (Å²) in [5, 5.41) is 4.57. The van der Waals surface area contributed by atoms with Gasteiger partial charge >= 0.3 is 0 Å². The molecule has 0 aromatic carbocycles. The van der Waals surface area contributed by atoms with Crippen LogP contribution in [0.15, 0.2) is 23.8 Å². The van der Waals surface area contributed by atoms with Crippen LogP contribution in [0.25, 0.3) is 0 Å². The van der Waals surface area contributed by atoms with Gasteiger partial charge in [0.2, 0.25) is 0 Å². The first kappa shape index (κ1) is 5.47. The highest BCUT2D eigenvalue weighted by molar-refractivity contribution is 6.29. The van der Waals surface area contributed by atoms with Crippen molar-refractivity contribution in [3.63, 3.8) is 0 Å². The Labute approximate surface area is 52.4 Å². The van der Waals surface area contributed by atoms with E-state index < -0.39 is 0 Å². The first-order valence-corrected chi connectivity index (χ1v) is 2.51. The van der Waals surface area contributed by atoms with Gasteiger partial charge in [0, 0.05) is 18.6 Å². The molecule has 1 aliphatic heterocycles. The van der Waals surface area contributed by atoms with Crippen LogP contribution >= 0.6 is 11.6 Å². The Morgan fingerprint density at radius 1 is 1.75 bits per heavy atom. The Kier molecular flexibility index (Phi) is 1.41. The van der Waals surface area contributed by atoms with Crippen molar-refractivity contribution in [3.8, 4) is 0 Å². The first-order chi connectivity index (χ1) is 3.80. The molecule has 0 radical (unpaired) electrons. The van der Waals surface area contributed by atoms with E-state index >= 15 is 0 Å². The minimum Gasteiger partial charge on any atom is -0.364 e. The predicted octanol–water partition coefficient (Wildman–Crippen LogP) is 0.274. The molecule has 0 aromatic rings. The third-order valence-electron chi connectivity index (χ3n) is 0.780. The van der Waals surface area contributed by atoms with Gasteiger partial charge in [-0.2, -0.15) is 0 Å². The highest BCUT2D eigenvalue weighted by atomic mass is 35.5. The third kappa shape index (κ3) is 0.936. The lowest BCUT2D eigenvalue weighted by Gasteiger charge is -2.14. The van der Waals surface area contributed by atoms with Gasteiger partial charge in [-0.3, -0.25) is 5.01 Å². The second-order valence-corrected chi connectivity index (χ2v) is 1.74. The molecule has 0 saturated heterocycles. The molecule has 1 heterocycles. The maximum Gasteiger partial charge on any atom is 0.139 e. The van der Waals surface area contributed by atoms with E-state index in [4.69, 9.17) is 17.4 Å². The Morgan fingerprint density at radius 2 is 2.50 bits per heavy atom. The summed E-state index contributed by atoms with van der Waals surface area (Å²) in [4.78, 5) is 0. The van der Waals surface area contributed by atoms with Crippen molar-refractivity contribution >= 4 is 11.6 Å². The fourth-order valence-electron chi connectivity index (χ4n) is 0.386. The Bertz CT molecular complexity index is 140. The van der Waals surface area contributed by atoms with E-state index in [1.165, 1.54) is 5.01 Å². The summed E-state index contributed by atoms with van der Waals surface area (Å²) < 4.78 is 0. The van der Waals surface area contributed by atoms with Gasteiger partial charge in [0.25, 0.3) is 0 Å². The molecule has 0 atom stereocenters. The molecule has 1 rings (SSSR count). The molecule has 0 spiro atoms. The standard InChI is InChI=1S/C4H6ClN3/c5-4-3-7-1-2-8(4)6/h1-3,7H,6H2. The van der Waals surface area contributed by atoms with Crippen LogP contribution < -0.4 is 11.2 Å². The van der Waals surface area contributed by atoms with E-state index in [2.05, 4.69) is 5.32 Å². The lowest BCUT2D eigenvalue weighted by Crippen LogP contribution is -2.25. The summed E-state index contributed by atoms with van der Waals surface area (Å²) in [6.07, 6.45) is 4.91. The van der Waals surface area contributed by atoms with Crippen LogP contribution in [0.3, 0.4) is 0 Å². The molecule has 0 aromatic heterocycles. The number of nitrogens with two attached hydrogens (primary N) is 1. The molecule has 3 N–H and O–H groups in total. The summed E-state index contributed by atoms with van der Waals surface area (Å²) >= 11 is 5.52. The highest BCUT2D eigenvalue weighted by Crippen LogP contribution is 2.05. The summed E-state index contributed by atoms with van der Waals surface area (Å²) in [7, 11) is 0. The molecule has 44 valence electrons. The Morgan fingerprint density at radius 3 is 2.88 bits per heavy atom. The zero-order valence-corrected chi connectivity index (χ0v) is 4.89. The summed E-state index contributed by atoms with van der Waals surface area (Å²) in [5.74, 6) is 5.28. The van der Waals surface area contributed by atoms with Crippen LogP contribution in [0.2, 0.25) is 0 Å². The van der Waals surface area contributed by atoms with Crippen LogP contribution in [0, 0.1) is 0 Å². The van der Waals surface area contributed by atoms with Gasteiger partial charge in [0.1, 0.15) is 5.16 Å². The zero-order valence-electron chi connectivity index (χ0n) is 4.13. The van der Waals surface area contributed by atoms with E-state index in [0.717, 1.165) is 0 Å². The Balaban J connectivity index is 2.63. The van der Waals surface area contributed by atoms with Crippen LogP contribution in [0.4, 0.5) is 0 Å². The zero-order chi connectivity index (χ0) is 5.98. The van der Waals surface area contributed by atoms with E-state index in [0.29, 0.717) is 5.16 Å². The molecule has 0 fully saturated rings. The SMILES string of the molecule is NN1C=CNC=C1Cl. The van der Waals surface area contributed by atoms with Gasteiger partial charge < -0.3 is 5.32 Å². The lowest BCUT2D eigenvalue weighted by molar-refractivity contribution is 0.509. The van der Waals surface area contributed by atoms with Crippen molar-refractivity contribution in [1.29, 1.82) is 0 Å². The van der Waals surface area contributed by atoms with Gasteiger partial charge in [-0.15, -0.1) is 0 Å². The van der Waals surface area contributed by atoms with E-state index in [9.17, 15) is 0 Å². The van der Waals surface area contributed by atoms with Crippen LogP contribution in [-0.2, 0) is 0 Å². The van der Waals surface area contributed by atoms with Gasteiger partial charge in [0.05, 0.1) is 0 Å². The average Bonchev–Trinajstić information content (AvgIpc) is 1.77. The average molecular weight is 132 g/mol. The molecule has 4 heteroatoms. The van der Waals surface area contributed by atoms with Crippen molar-refractivity contribution in [2.24, 2.45) is 5.84 Å². The number of hydrogen-bond acceptors (Lipinski definition) is 3. The molecular formula is C4H6ClN3. The maximum atomic E-state index is 5.52. The number of nitrogens with one attached hydrogen (secondary N) is 1. The molecule has 0 aliphatic carbocycles. The molecule has 0 unspecified atom stereocenters.